The minimum atomic E-state index is -2.95. The minimum Gasteiger partial charge on any atom is -0.423 e. The number of benzene rings is 1. The molecular formula is C18H26N2O3S. The summed E-state index contributed by atoms with van der Waals surface area (Å²) >= 11 is 0. The molecular weight excluding hydrogens is 324 g/mol. The van der Waals surface area contributed by atoms with E-state index >= 15 is 0 Å². The van der Waals surface area contributed by atoms with Gasteiger partial charge < -0.3 is 9.32 Å². The first-order valence-electron chi connectivity index (χ1n) is 8.45. The first kappa shape index (κ1) is 17.3. The van der Waals surface area contributed by atoms with E-state index in [4.69, 9.17) is 4.42 Å². The average molecular weight is 350 g/mol. The first-order valence-corrected chi connectivity index (χ1v) is 10.5. The zero-order chi connectivity index (χ0) is 17.5. The highest BCUT2D eigenvalue weighted by molar-refractivity contribution is 7.90. The molecule has 0 aliphatic carbocycles. The molecule has 1 aromatic heterocycles. The largest absolute Gasteiger partial charge is 0.423 e. The first-order chi connectivity index (χ1) is 11.1. The van der Waals surface area contributed by atoms with E-state index in [0.29, 0.717) is 12.6 Å². The van der Waals surface area contributed by atoms with Crippen molar-refractivity contribution in [2.24, 2.45) is 5.92 Å². The van der Waals surface area contributed by atoms with E-state index in [-0.39, 0.29) is 17.1 Å². The van der Waals surface area contributed by atoms with Crippen molar-refractivity contribution in [1.29, 1.82) is 0 Å². The normalized spacial score (nSPS) is 19.8. The molecule has 1 atom stereocenters. The summed E-state index contributed by atoms with van der Waals surface area (Å²) in [4.78, 5) is 6.73. The molecule has 1 aliphatic rings. The predicted molar refractivity (Wildman–Crippen MR) is 97.4 cm³/mol. The Kier molecular flexibility index (Phi) is 4.36. The molecule has 1 fully saturated rings. The highest BCUT2D eigenvalue weighted by atomic mass is 32.2. The van der Waals surface area contributed by atoms with Gasteiger partial charge in [0.25, 0.3) is 6.01 Å². The van der Waals surface area contributed by atoms with Crippen LogP contribution in [0.25, 0.3) is 11.1 Å². The van der Waals surface area contributed by atoms with Gasteiger partial charge >= 0.3 is 0 Å². The Labute approximate surface area is 144 Å². The van der Waals surface area contributed by atoms with E-state index in [1.807, 2.05) is 6.07 Å². The lowest BCUT2D eigenvalue weighted by Crippen LogP contribution is -2.38. The molecule has 0 saturated carbocycles. The fourth-order valence-corrected chi connectivity index (χ4v) is 4.45. The molecule has 0 spiro atoms. The third-order valence-corrected chi connectivity index (χ3v) is 5.65. The van der Waals surface area contributed by atoms with Crippen LogP contribution in [0.1, 0.15) is 39.2 Å². The van der Waals surface area contributed by atoms with Crippen molar-refractivity contribution in [2.75, 3.05) is 30.0 Å². The van der Waals surface area contributed by atoms with E-state index in [1.165, 1.54) is 11.8 Å². The number of hydrogen-bond donors (Lipinski definition) is 0. The van der Waals surface area contributed by atoms with Gasteiger partial charge in [-0.15, -0.1) is 0 Å². The summed E-state index contributed by atoms with van der Waals surface area (Å²) in [5.74, 6) is 0.381. The number of fused-ring (bicyclic) bond motifs is 1. The lowest BCUT2D eigenvalue weighted by Gasteiger charge is -2.31. The number of hydrogen-bond acceptors (Lipinski definition) is 5. The lowest BCUT2D eigenvalue weighted by molar-refractivity contribution is 0.420. The van der Waals surface area contributed by atoms with Crippen LogP contribution in [0.3, 0.4) is 0 Å². The van der Waals surface area contributed by atoms with E-state index in [1.54, 1.807) is 0 Å². The van der Waals surface area contributed by atoms with Crippen molar-refractivity contribution in [3.63, 3.8) is 0 Å². The van der Waals surface area contributed by atoms with Gasteiger partial charge in [0.1, 0.15) is 15.4 Å². The maximum Gasteiger partial charge on any atom is 0.298 e. The van der Waals surface area contributed by atoms with Crippen molar-refractivity contribution >= 4 is 27.0 Å². The van der Waals surface area contributed by atoms with Crippen LogP contribution in [-0.4, -0.2) is 38.5 Å². The van der Waals surface area contributed by atoms with E-state index in [9.17, 15) is 8.42 Å². The van der Waals surface area contributed by atoms with E-state index < -0.39 is 9.84 Å². The number of aromatic nitrogens is 1. The molecule has 0 amide bonds. The quantitative estimate of drug-likeness (QED) is 0.849. The molecule has 0 bridgehead atoms. The molecule has 0 N–H and O–H groups in total. The number of oxazole rings is 1. The number of nitrogens with zero attached hydrogens (tertiary/aromatic N) is 2. The Morgan fingerprint density at radius 3 is 2.75 bits per heavy atom. The summed E-state index contributed by atoms with van der Waals surface area (Å²) in [5, 5.41) is 0. The van der Waals surface area contributed by atoms with Gasteiger partial charge in [0.05, 0.1) is 5.75 Å². The SMILES string of the molecule is CC(C)(C)c1ccc2oc(N3CCCC(CS(C)(=O)=O)C3)nc2c1. The van der Waals surface area contributed by atoms with Gasteiger partial charge in [-0.2, -0.15) is 4.98 Å². The minimum absolute atomic E-state index is 0.0685. The van der Waals surface area contributed by atoms with Gasteiger partial charge in [0.2, 0.25) is 0 Å². The summed E-state index contributed by atoms with van der Waals surface area (Å²) in [6.07, 6.45) is 3.21. The Bertz CT molecular complexity index is 834. The lowest BCUT2D eigenvalue weighted by atomic mass is 9.87. The van der Waals surface area contributed by atoms with Crippen LogP contribution in [0.5, 0.6) is 0 Å². The van der Waals surface area contributed by atoms with Gasteiger partial charge in [0, 0.05) is 19.3 Å². The molecule has 0 radical (unpaired) electrons. The second-order valence-electron chi connectivity index (χ2n) is 7.98. The second-order valence-corrected chi connectivity index (χ2v) is 10.2. The molecule has 3 rings (SSSR count). The Morgan fingerprint density at radius 2 is 2.08 bits per heavy atom. The highest BCUT2D eigenvalue weighted by Gasteiger charge is 2.26. The van der Waals surface area contributed by atoms with Crippen LogP contribution < -0.4 is 4.90 Å². The fourth-order valence-electron chi connectivity index (χ4n) is 3.32. The van der Waals surface area contributed by atoms with Crippen LogP contribution in [0.2, 0.25) is 0 Å². The molecule has 5 nitrogen and oxygen atoms in total. The molecule has 2 heterocycles. The monoisotopic (exact) mass is 350 g/mol. The Hall–Kier alpha value is -1.56. The highest BCUT2D eigenvalue weighted by Crippen LogP contribution is 2.30. The molecule has 6 heteroatoms. The number of rotatable bonds is 3. The predicted octanol–water partition coefficient (Wildman–Crippen LogP) is 3.39. The molecule has 1 saturated heterocycles. The van der Waals surface area contributed by atoms with Gasteiger partial charge in [-0.05, 0) is 41.9 Å². The van der Waals surface area contributed by atoms with Gasteiger partial charge in [0.15, 0.2) is 5.58 Å². The number of piperidine rings is 1. The zero-order valence-corrected chi connectivity index (χ0v) is 15.7. The summed E-state index contributed by atoms with van der Waals surface area (Å²) in [5.41, 5.74) is 2.94. The standard InChI is InChI=1S/C18H26N2O3S/c1-18(2,3)14-7-8-16-15(10-14)19-17(23-16)20-9-5-6-13(11-20)12-24(4,21)22/h7-8,10,13H,5-6,9,11-12H2,1-4H3. The summed E-state index contributed by atoms with van der Waals surface area (Å²) in [6.45, 7) is 8.08. The summed E-state index contributed by atoms with van der Waals surface area (Å²) in [6, 6.07) is 6.75. The van der Waals surface area contributed by atoms with Crippen LogP contribution in [0, 0.1) is 5.92 Å². The summed E-state index contributed by atoms with van der Waals surface area (Å²) < 4.78 is 29.0. The van der Waals surface area contributed by atoms with E-state index in [0.717, 1.165) is 30.5 Å². The molecule has 24 heavy (non-hydrogen) atoms. The topological polar surface area (TPSA) is 63.4 Å². The molecule has 1 unspecified atom stereocenters. The molecule has 1 aliphatic heterocycles. The molecule has 1 aromatic carbocycles. The second kappa shape index (κ2) is 6.06. The number of anilines is 1. The van der Waals surface area contributed by atoms with Crippen molar-refractivity contribution in [1.82, 2.24) is 4.98 Å². The average Bonchev–Trinajstić information content (AvgIpc) is 2.87. The zero-order valence-electron chi connectivity index (χ0n) is 14.9. The van der Waals surface area contributed by atoms with Crippen molar-refractivity contribution < 1.29 is 12.8 Å². The van der Waals surface area contributed by atoms with Gasteiger partial charge in [-0.1, -0.05) is 26.8 Å². The van der Waals surface area contributed by atoms with Crippen LogP contribution >= 0.6 is 0 Å². The third kappa shape index (κ3) is 3.91. The van der Waals surface area contributed by atoms with Crippen LogP contribution in [0.4, 0.5) is 6.01 Å². The van der Waals surface area contributed by atoms with Crippen molar-refractivity contribution in [3.8, 4) is 0 Å². The van der Waals surface area contributed by atoms with E-state index in [2.05, 4.69) is 42.8 Å². The summed E-state index contributed by atoms with van der Waals surface area (Å²) in [7, 11) is -2.95. The Balaban J connectivity index is 1.84. The molecule has 2 aromatic rings. The Morgan fingerprint density at radius 1 is 1.33 bits per heavy atom. The van der Waals surface area contributed by atoms with Crippen LogP contribution in [0.15, 0.2) is 22.6 Å². The maximum atomic E-state index is 11.6. The van der Waals surface area contributed by atoms with Crippen molar-refractivity contribution in [2.45, 2.75) is 39.0 Å². The van der Waals surface area contributed by atoms with Crippen molar-refractivity contribution in [3.05, 3.63) is 23.8 Å². The van der Waals surface area contributed by atoms with Gasteiger partial charge in [-0.3, -0.25) is 0 Å². The fraction of sp³-hybridized carbons (Fsp3) is 0.611. The smallest absolute Gasteiger partial charge is 0.298 e. The number of sulfone groups is 1. The van der Waals surface area contributed by atoms with Crippen LogP contribution in [-0.2, 0) is 15.3 Å². The third-order valence-electron chi connectivity index (χ3n) is 4.57. The van der Waals surface area contributed by atoms with Gasteiger partial charge in [-0.25, -0.2) is 8.42 Å². The molecule has 132 valence electrons. The maximum absolute atomic E-state index is 11.6.